The molecule has 0 aromatic heterocycles. The monoisotopic (exact) mass is 344 g/mol. The number of hydrogen-bond donors (Lipinski definition) is 2. The van der Waals surface area contributed by atoms with Gasteiger partial charge < -0.3 is 15.4 Å². The summed E-state index contributed by atoms with van der Waals surface area (Å²) in [6.07, 6.45) is 0.659. The minimum absolute atomic E-state index is 0.235. The van der Waals surface area contributed by atoms with Crippen LogP contribution in [0.3, 0.4) is 0 Å². The molecule has 2 aromatic carbocycles. The highest BCUT2D eigenvalue weighted by Gasteiger charge is 2.02. The van der Waals surface area contributed by atoms with Crippen molar-refractivity contribution in [2.24, 2.45) is 0 Å². The molecular formula is C20H25FN2O2. The topological polar surface area (TPSA) is 50.4 Å². The number of urea groups is 1. The average molecular weight is 344 g/mol. The van der Waals surface area contributed by atoms with Crippen molar-refractivity contribution < 1.29 is 13.9 Å². The number of nitrogens with one attached hydrogen (secondary N) is 2. The van der Waals surface area contributed by atoms with E-state index >= 15 is 0 Å². The van der Waals surface area contributed by atoms with Gasteiger partial charge in [0, 0.05) is 6.54 Å². The summed E-state index contributed by atoms with van der Waals surface area (Å²) in [5, 5.41) is 5.52. The first kappa shape index (κ1) is 18.8. The first-order valence-corrected chi connectivity index (χ1v) is 8.53. The van der Waals surface area contributed by atoms with Crippen molar-refractivity contribution in [1.29, 1.82) is 0 Å². The number of hydrogen-bond acceptors (Lipinski definition) is 2. The Bertz CT molecular complexity index is 672. The standard InChI is InChI=1S/C20H25FN2O2/c1-15(2)17-4-3-5-19(14-17)25-13-12-23-20(24)22-11-10-16-6-8-18(21)9-7-16/h3-9,14-15H,10-13H2,1-2H3,(H2,22,23,24). The number of amides is 2. The lowest BCUT2D eigenvalue weighted by molar-refractivity contribution is 0.236. The van der Waals surface area contributed by atoms with Gasteiger partial charge in [0.15, 0.2) is 0 Å². The Morgan fingerprint density at radius 2 is 1.80 bits per heavy atom. The van der Waals surface area contributed by atoms with Gasteiger partial charge in [-0.05, 0) is 47.7 Å². The van der Waals surface area contributed by atoms with Gasteiger partial charge in [-0.2, -0.15) is 0 Å². The van der Waals surface area contributed by atoms with Crippen molar-refractivity contribution in [3.8, 4) is 5.75 Å². The molecule has 2 N–H and O–H groups in total. The maximum absolute atomic E-state index is 12.8. The Morgan fingerprint density at radius 1 is 1.08 bits per heavy atom. The number of halogens is 1. The van der Waals surface area contributed by atoms with E-state index in [-0.39, 0.29) is 11.8 Å². The lowest BCUT2D eigenvalue weighted by atomic mass is 10.0. The van der Waals surface area contributed by atoms with E-state index in [0.29, 0.717) is 32.0 Å². The molecule has 0 saturated heterocycles. The molecule has 2 aromatic rings. The van der Waals surface area contributed by atoms with Crippen LogP contribution in [-0.4, -0.2) is 25.7 Å². The van der Waals surface area contributed by atoms with Gasteiger partial charge in [-0.25, -0.2) is 9.18 Å². The molecule has 0 fully saturated rings. The second-order valence-corrected chi connectivity index (χ2v) is 6.13. The van der Waals surface area contributed by atoms with Gasteiger partial charge in [-0.3, -0.25) is 0 Å². The molecule has 0 aliphatic carbocycles. The zero-order valence-electron chi connectivity index (χ0n) is 14.7. The summed E-state index contributed by atoms with van der Waals surface area (Å²) in [6, 6.07) is 14.0. The first-order valence-electron chi connectivity index (χ1n) is 8.53. The fraction of sp³-hybridized carbons (Fsp3) is 0.350. The van der Waals surface area contributed by atoms with Crippen LogP contribution in [0.5, 0.6) is 5.75 Å². The van der Waals surface area contributed by atoms with Crippen LogP contribution in [0.2, 0.25) is 0 Å². The SMILES string of the molecule is CC(C)c1cccc(OCCNC(=O)NCCc2ccc(F)cc2)c1. The van der Waals surface area contributed by atoms with Crippen molar-refractivity contribution in [3.63, 3.8) is 0 Å². The maximum atomic E-state index is 12.8. The average Bonchev–Trinajstić information content (AvgIpc) is 2.61. The highest BCUT2D eigenvalue weighted by atomic mass is 19.1. The van der Waals surface area contributed by atoms with Gasteiger partial charge in [0.1, 0.15) is 18.2 Å². The first-order chi connectivity index (χ1) is 12.0. The third kappa shape index (κ3) is 6.83. The third-order valence-corrected chi connectivity index (χ3v) is 3.79. The van der Waals surface area contributed by atoms with Crippen LogP contribution >= 0.6 is 0 Å². The molecule has 25 heavy (non-hydrogen) atoms. The minimum atomic E-state index is -0.256. The summed E-state index contributed by atoms with van der Waals surface area (Å²) in [4.78, 5) is 11.7. The van der Waals surface area contributed by atoms with Gasteiger partial charge in [0.25, 0.3) is 0 Å². The van der Waals surface area contributed by atoms with E-state index in [4.69, 9.17) is 4.74 Å². The molecule has 0 aliphatic heterocycles. The predicted octanol–water partition coefficient (Wildman–Crippen LogP) is 3.87. The molecule has 134 valence electrons. The molecule has 0 radical (unpaired) electrons. The Kier molecular flexibility index (Phi) is 7.26. The van der Waals surface area contributed by atoms with E-state index in [1.165, 1.54) is 17.7 Å². The van der Waals surface area contributed by atoms with Gasteiger partial charge in [0.05, 0.1) is 6.54 Å². The third-order valence-electron chi connectivity index (χ3n) is 3.79. The van der Waals surface area contributed by atoms with E-state index in [1.54, 1.807) is 12.1 Å². The Hall–Kier alpha value is -2.56. The predicted molar refractivity (Wildman–Crippen MR) is 97.5 cm³/mol. The second kappa shape index (κ2) is 9.67. The number of carbonyl (C=O) groups excluding carboxylic acids is 1. The van der Waals surface area contributed by atoms with Crippen LogP contribution in [-0.2, 0) is 6.42 Å². The normalized spacial score (nSPS) is 10.6. The molecular weight excluding hydrogens is 319 g/mol. The number of carbonyl (C=O) groups is 1. The Balaban J connectivity index is 1.60. The van der Waals surface area contributed by atoms with Crippen LogP contribution in [0, 0.1) is 5.82 Å². The van der Waals surface area contributed by atoms with E-state index < -0.39 is 0 Å². The molecule has 0 heterocycles. The van der Waals surface area contributed by atoms with E-state index in [9.17, 15) is 9.18 Å². The zero-order valence-corrected chi connectivity index (χ0v) is 14.7. The summed E-state index contributed by atoms with van der Waals surface area (Å²) in [5.74, 6) is 1.01. The molecule has 0 aliphatic rings. The largest absolute Gasteiger partial charge is 0.492 e. The molecule has 2 amide bonds. The fourth-order valence-corrected chi connectivity index (χ4v) is 2.33. The lowest BCUT2D eigenvalue weighted by Gasteiger charge is -2.11. The van der Waals surface area contributed by atoms with Crippen molar-refractivity contribution in [2.45, 2.75) is 26.2 Å². The zero-order chi connectivity index (χ0) is 18.1. The number of rotatable bonds is 8. The molecule has 0 bridgehead atoms. The van der Waals surface area contributed by atoms with E-state index in [2.05, 4.69) is 30.5 Å². The molecule has 5 heteroatoms. The van der Waals surface area contributed by atoms with Gasteiger partial charge in [-0.1, -0.05) is 38.1 Å². The second-order valence-electron chi connectivity index (χ2n) is 6.13. The minimum Gasteiger partial charge on any atom is -0.492 e. The van der Waals surface area contributed by atoms with Crippen LogP contribution in [0.25, 0.3) is 0 Å². The van der Waals surface area contributed by atoms with Crippen LogP contribution in [0.1, 0.15) is 30.9 Å². The maximum Gasteiger partial charge on any atom is 0.314 e. The van der Waals surface area contributed by atoms with Crippen LogP contribution in [0.4, 0.5) is 9.18 Å². The van der Waals surface area contributed by atoms with Crippen molar-refractivity contribution in [1.82, 2.24) is 10.6 Å². The number of benzene rings is 2. The summed E-state index contributed by atoms with van der Waals surface area (Å²) >= 11 is 0. The molecule has 0 atom stereocenters. The highest BCUT2D eigenvalue weighted by molar-refractivity contribution is 5.73. The molecule has 0 unspecified atom stereocenters. The quantitative estimate of drug-likeness (QED) is 0.714. The van der Waals surface area contributed by atoms with Crippen LogP contribution < -0.4 is 15.4 Å². The summed E-state index contributed by atoms with van der Waals surface area (Å²) in [6.45, 7) is 5.60. The van der Waals surface area contributed by atoms with Crippen molar-refractivity contribution in [3.05, 3.63) is 65.5 Å². The van der Waals surface area contributed by atoms with E-state index in [1.807, 2.05) is 18.2 Å². The van der Waals surface area contributed by atoms with Gasteiger partial charge in [-0.15, -0.1) is 0 Å². The fourth-order valence-electron chi connectivity index (χ4n) is 2.33. The number of ether oxygens (including phenoxy) is 1. The molecule has 4 nitrogen and oxygen atoms in total. The summed E-state index contributed by atoms with van der Waals surface area (Å²) in [5.41, 5.74) is 2.21. The highest BCUT2D eigenvalue weighted by Crippen LogP contribution is 2.19. The Labute approximate surface area is 148 Å². The summed E-state index contributed by atoms with van der Waals surface area (Å²) in [7, 11) is 0. The van der Waals surface area contributed by atoms with Crippen LogP contribution in [0.15, 0.2) is 48.5 Å². The van der Waals surface area contributed by atoms with Gasteiger partial charge in [0.2, 0.25) is 0 Å². The molecule has 0 saturated carbocycles. The van der Waals surface area contributed by atoms with E-state index in [0.717, 1.165) is 11.3 Å². The summed E-state index contributed by atoms with van der Waals surface area (Å²) < 4.78 is 18.5. The Morgan fingerprint density at radius 3 is 2.52 bits per heavy atom. The smallest absolute Gasteiger partial charge is 0.314 e. The van der Waals surface area contributed by atoms with Crippen molar-refractivity contribution in [2.75, 3.05) is 19.7 Å². The molecule has 0 spiro atoms. The van der Waals surface area contributed by atoms with Crippen molar-refractivity contribution >= 4 is 6.03 Å². The lowest BCUT2D eigenvalue weighted by Crippen LogP contribution is -2.38. The van der Waals surface area contributed by atoms with Gasteiger partial charge >= 0.3 is 6.03 Å². The molecule has 2 rings (SSSR count).